The predicted octanol–water partition coefficient (Wildman–Crippen LogP) is 0.808. The summed E-state index contributed by atoms with van der Waals surface area (Å²) < 4.78 is 32.6. The van der Waals surface area contributed by atoms with Crippen LogP contribution < -0.4 is 16.0 Å². The minimum absolute atomic E-state index is 0. The Balaban J connectivity index is 0.00000280. The van der Waals surface area contributed by atoms with E-state index in [1.165, 1.54) is 16.8 Å². The van der Waals surface area contributed by atoms with Gasteiger partial charge in [-0.15, -0.1) is 12.4 Å². The van der Waals surface area contributed by atoms with Crippen LogP contribution in [0.15, 0.2) is 23.1 Å². The molecule has 0 aliphatic carbocycles. The van der Waals surface area contributed by atoms with Gasteiger partial charge < -0.3 is 20.7 Å². The van der Waals surface area contributed by atoms with Gasteiger partial charge >= 0.3 is 0 Å². The summed E-state index contributed by atoms with van der Waals surface area (Å²) in [7, 11) is -3.66. The first-order chi connectivity index (χ1) is 13.0. The van der Waals surface area contributed by atoms with E-state index in [0.29, 0.717) is 45.0 Å². The molecular formula is C18H29ClN4O4S. The molecule has 8 nitrogen and oxygen atoms in total. The van der Waals surface area contributed by atoms with Gasteiger partial charge in [-0.25, -0.2) is 8.42 Å². The van der Waals surface area contributed by atoms with Crippen LogP contribution in [0.3, 0.4) is 0 Å². The van der Waals surface area contributed by atoms with E-state index >= 15 is 0 Å². The third-order valence-electron chi connectivity index (χ3n) is 4.95. The molecule has 2 aliphatic rings. The van der Waals surface area contributed by atoms with Gasteiger partial charge in [0.15, 0.2) is 0 Å². The molecule has 1 amide bonds. The summed E-state index contributed by atoms with van der Waals surface area (Å²) >= 11 is 0. The fraction of sp³-hybridized carbons (Fsp3) is 0.611. The molecule has 2 fully saturated rings. The molecule has 2 heterocycles. The van der Waals surface area contributed by atoms with Crippen LogP contribution in [0.25, 0.3) is 0 Å². The van der Waals surface area contributed by atoms with E-state index in [1.807, 2.05) is 0 Å². The molecule has 158 valence electrons. The van der Waals surface area contributed by atoms with E-state index in [2.05, 4.69) is 10.2 Å². The first-order valence-corrected chi connectivity index (χ1v) is 10.9. The summed E-state index contributed by atoms with van der Waals surface area (Å²) in [6.07, 6.45) is 3.31. The van der Waals surface area contributed by atoms with Crippen LogP contribution >= 0.6 is 12.4 Å². The van der Waals surface area contributed by atoms with Crippen LogP contribution in [-0.2, 0) is 14.8 Å². The largest absolute Gasteiger partial charge is 0.379 e. The van der Waals surface area contributed by atoms with Crippen molar-refractivity contribution in [2.75, 3.05) is 57.4 Å². The number of anilines is 1. The number of hydrogen-bond acceptors (Lipinski definition) is 6. The predicted molar refractivity (Wildman–Crippen MR) is 111 cm³/mol. The number of hydrogen-bond donors (Lipinski definition) is 2. The Bertz CT molecular complexity index is 763. The molecule has 28 heavy (non-hydrogen) atoms. The Morgan fingerprint density at radius 2 is 1.79 bits per heavy atom. The molecular weight excluding hydrogens is 404 g/mol. The Morgan fingerprint density at radius 3 is 2.43 bits per heavy atom. The Morgan fingerprint density at radius 1 is 1.11 bits per heavy atom. The van der Waals surface area contributed by atoms with Gasteiger partial charge in [-0.2, -0.15) is 4.31 Å². The van der Waals surface area contributed by atoms with Gasteiger partial charge in [0.2, 0.25) is 10.0 Å². The zero-order chi connectivity index (χ0) is 19.3. The number of piperidine rings is 1. The normalized spacial score (nSPS) is 18.4. The van der Waals surface area contributed by atoms with Crippen molar-refractivity contribution in [3.8, 4) is 0 Å². The second kappa shape index (κ2) is 10.4. The van der Waals surface area contributed by atoms with Crippen molar-refractivity contribution < 1.29 is 17.9 Å². The number of nitrogens with one attached hydrogen (secondary N) is 1. The fourth-order valence-electron chi connectivity index (χ4n) is 3.48. The summed E-state index contributed by atoms with van der Waals surface area (Å²) in [5.41, 5.74) is 6.66. The lowest BCUT2D eigenvalue weighted by Gasteiger charge is -2.31. The number of morpholine rings is 1. The van der Waals surface area contributed by atoms with Gasteiger partial charge in [0.1, 0.15) is 0 Å². The number of benzene rings is 1. The van der Waals surface area contributed by atoms with Gasteiger partial charge in [-0.05, 0) is 37.5 Å². The first kappa shape index (κ1) is 22.9. The van der Waals surface area contributed by atoms with Gasteiger partial charge in [0, 0.05) is 45.0 Å². The number of sulfonamides is 1. The summed E-state index contributed by atoms with van der Waals surface area (Å²) in [6.45, 7) is 3.83. The second-order valence-corrected chi connectivity index (χ2v) is 8.73. The fourth-order valence-corrected chi connectivity index (χ4v) is 4.92. The van der Waals surface area contributed by atoms with Gasteiger partial charge in [0.25, 0.3) is 5.91 Å². The maximum Gasteiger partial charge on any atom is 0.253 e. The van der Waals surface area contributed by atoms with E-state index in [4.69, 9.17) is 10.5 Å². The molecule has 0 bridgehead atoms. The van der Waals surface area contributed by atoms with Gasteiger partial charge in [-0.3, -0.25) is 4.79 Å². The zero-order valence-electron chi connectivity index (χ0n) is 15.9. The first-order valence-electron chi connectivity index (χ1n) is 9.49. The minimum Gasteiger partial charge on any atom is -0.379 e. The number of amides is 1. The van der Waals surface area contributed by atoms with Gasteiger partial charge in [-0.1, -0.05) is 0 Å². The molecule has 0 aromatic heterocycles. The van der Waals surface area contributed by atoms with Crippen molar-refractivity contribution in [1.29, 1.82) is 0 Å². The average Bonchev–Trinajstić information content (AvgIpc) is 2.72. The molecule has 2 aliphatic heterocycles. The third kappa shape index (κ3) is 5.15. The van der Waals surface area contributed by atoms with E-state index < -0.39 is 10.0 Å². The van der Waals surface area contributed by atoms with Crippen LogP contribution in [0.2, 0.25) is 0 Å². The number of carbonyl (C=O) groups excluding carboxylic acids is 1. The van der Waals surface area contributed by atoms with Crippen molar-refractivity contribution in [2.45, 2.75) is 24.2 Å². The molecule has 1 aromatic carbocycles. The standard InChI is InChI=1S/C18H28N4O4S.ClH/c19-6-7-20-18(23)16-14-15(27(24,25)22-10-12-26-13-11-22)4-5-17(16)21-8-2-1-3-9-21;/h4-5,14H,1-3,6-13,19H2,(H,20,23);1H. The lowest BCUT2D eigenvalue weighted by molar-refractivity contribution is 0.0730. The monoisotopic (exact) mass is 432 g/mol. The summed E-state index contributed by atoms with van der Waals surface area (Å²) in [5, 5.41) is 2.77. The maximum atomic E-state index is 13.0. The highest BCUT2D eigenvalue weighted by molar-refractivity contribution is 7.89. The minimum atomic E-state index is -3.66. The van der Waals surface area contributed by atoms with Crippen molar-refractivity contribution in [3.63, 3.8) is 0 Å². The zero-order valence-corrected chi connectivity index (χ0v) is 17.6. The molecule has 0 unspecified atom stereocenters. The van der Waals surface area contributed by atoms with Crippen LogP contribution in [0.1, 0.15) is 29.6 Å². The SMILES string of the molecule is Cl.NCCNC(=O)c1cc(S(=O)(=O)N2CCOCC2)ccc1N1CCCCC1. The van der Waals surface area contributed by atoms with E-state index in [-0.39, 0.29) is 23.2 Å². The molecule has 0 atom stereocenters. The molecule has 1 aromatic rings. The van der Waals surface area contributed by atoms with Crippen LogP contribution in [0, 0.1) is 0 Å². The summed E-state index contributed by atoms with van der Waals surface area (Å²) in [4.78, 5) is 15.0. The van der Waals surface area contributed by atoms with Crippen molar-refractivity contribution in [3.05, 3.63) is 23.8 Å². The number of rotatable bonds is 6. The second-order valence-electron chi connectivity index (χ2n) is 6.79. The Hall–Kier alpha value is -1.39. The Kier molecular flexibility index (Phi) is 8.51. The quantitative estimate of drug-likeness (QED) is 0.689. The summed E-state index contributed by atoms with van der Waals surface area (Å²) in [6, 6.07) is 4.87. The lowest BCUT2D eigenvalue weighted by Crippen LogP contribution is -2.40. The van der Waals surface area contributed by atoms with Crippen molar-refractivity contribution >= 4 is 34.0 Å². The average molecular weight is 433 g/mol. The lowest BCUT2D eigenvalue weighted by atomic mass is 10.1. The molecule has 0 radical (unpaired) electrons. The van der Waals surface area contributed by atoms with Crippen molar-refractivity contribution in [1.82, 2.24) is 9.62 Å². The molecule has 2 saturated heterocycles. The third-order valence-corrected chi connectivity index (χ3v) is 6.84. The molecule has 10 heteroatoms. The highest BCUT2D eigenvalue weighted by atomic mass is 35.5. The van der Waals surface area contributed by atoms with Crippen LogP contribution in [-0.4, -0.2) is 71.1 Å². The van der Waals surface area contributed by atoms with Gasteiger partial charge in [0.05, 0.1) is 23.7 Å². The smallest absolute Gasteiger partial charge is 0.253 e. The number of ether oxygens (including phenoxy) is 1. The summed E-state index contributed by atoms with van der Waals surface area (Å²) in [5.74, 6) is -0.292. The highest BCUT2D eigenvalue weighted by Gasteiger charge is 2.28. The number of nitrogens with zero attached hydrogens (tertiary/aromatic N) is 2. The van der Waals surface area contributed by atoms with E-state index in [0.717, 1.165) is 31.6 Å². The molecule has 0 spiro atoms. The number of halogens is 1. The molecule has 0 saturated carbocycles. The van der Waals surface area contributed by atoms with E-state index in [1.54, 1.807) is 12.1 Å². The topological polar surface area (TPSA) is 105 Å². The van der Waals surface area contributed by atoms with Crippen LogP contribution in [0.5, 0.6) is 0 Å². The number of nitrogens with two attached hydrogens (primary N) is 1. The maximum absolute atomic E-state index is 13.0. The van der Waals surface area contributed by atoms with Crippen LogP contribution in [0.4, 0.5) is 5.69 Å². The highest BCUT2D eigenvalue weighted by Crippen LogP contribution is 2.28. The number of carbonyl (C=O) groups is 1. The van der Waals surface area contributed by atoms with Crippen molar-refractivity contribution in [2.24, 2.45) is 5.73 Å². The molecule has 3 N–H and O–H groups in total. The molecule has 3 rings (SSSR count). The van der Waals surface area contributed by atoms with E-state index in [9.17, 15) is 13.2 Å². The Labute approximate surface area is 172 Å².